The highest BCUT2D eigenvalue weighted by Crippen LogP contribution is 2.19. The summed E-state index contributed by atoms with van der Waals surface area (Å²) in [6.45, 7) is 3.31. The van der Waals surface area contributed by atoms with Gasteiger partial charge in [-0.25, -0.2) is 4.79 Å². The molecule has 0 spiro atoms. The van der Waals surface area contributed by atoms with Gasteiger partial charge < -0.3 is 15.4 Å². The zero-order valence-corrected chi connectivity index (χ0v) is 9.77. The molecule has 2 aromatic rings. The monoisotopic (exact) mass is 258 g/mol. The van der Waals surface area contributed by atoms with Crippen molar-refractivity contribution in [1.29, 1.82) is 0 Å². The smallest absolute Gasteiger partial charge is 0.341 e. The average Bonchev–Trinajstić information content (AvgIpc) is 2.38. The lowest BCUT2D eigenvalue weighted by Gasteiger charge is -2.07. The molecule has 0 aliphatic carbocycles. The van der Waals surface area contributed by atoms with E-state index >= 15 is 0 Å². The number of anilines is 1. The molecule has 0 bridgehead atoms. The molecule has 1 amide bonds. The maximum Gasteiger partial charge on any atom is 0.341 e. The van der Waals surface area contributed by atoms with E-state index in [1.54, 1.807) is 12.1 Å². The Hall–Kier alpha value is -2.89. The molecule has 1 aromatic carbocycles. The van der Waals surface area contributed by atoms with E-state index in [1.807, 2.05) is 0 Å². The third-order valence-electron chi connectivity index (χ3n) is 2.58. The Morgan fingerprint density at radius 3 is 2.74 bits per heavy atom. The fourth-order valence-corrected chi connectivity index (χ4v) is 1.71. The molecule has 0 saturated carbocycles. The van der Waals surface area contributed by atoms with E-state index in [1.165, 1.54) is 6.07 Å². The largest absolute Gasteiger partial charge is 0.477 e. The van der Waals surface area contributed by atoms with Gasteiger partial charge in [-0.3, -0.25) is 9.59 Å². The molecular formula is C13H10N2O4. The molecule has 2 rings (SSSR count). The van der Waals surface area contributed by atoms with Crippen molar-refractivity contribution in [2.24, 2.45) is 0 Å². The summed E-state index contributed by atoms with van der Waals surface area (Å²) in [6, 6.07) is 4.77. The number of aromatic carboxylic acids is 1. The van der Waals surface area contributed by atoms with Crippen LogP contribution in [-0.4, -0.2) is 22.0 Å². The second-order valence-corrected chi connectivity index (χ2v) is 3.76. The molecule has 6 nitrogen and oxygen atoms in total. The number of hydrogen-bond acceptors (Lipinski definition) is 3. The molecule has 19 heavy (non-hydrogen) atoms. The summed E-state index contributed by atoms with van der Waals surface area (Å²) in [5.41, 5.74) is -0.349. The maximum absolute atomic E-state index is 12.1. The van der Waals surface area contributed by atoms with E-state index in [4.69, 9.17) is 5.11 Å². The van der Waals surface area contributed by atoms with E-state index < -0.39 is 17.3 Å². The zero-order valence-electron chi connectivity index (χ0n) is 9.77. The molecule has 0 unspecified atom stereocenters. The number of hydrogen-bond donors (Lipinski definition) is 3. The molecule has 96 valence electrons. The van der Waals surface area contributed by atoms with E-state index in [0.717, 1.165) is 12.3 Å². The maximum atomic E-state index is 12.1. The molecule has 0 aliphatic heterocycles. The Labute approximate surface area is 107 Å². The molecule has 1 aromatic heterocycles. The number of carbonyl (C=O) groups is 2. The number of aromatic nitrogens is 1. The number of carbonyl (C=O) groups excluding carboxylic acids is 1. The van der Waals surface area contributed by atoms with Crippen LogP contribution in [0.15, 0.2) is 41.8 Å². The van der Waals surface area contributed by atoms with E-state index in [-0.39, 0.29) is 16.6 Å². The molecule has 0 atom stereocenters. The number of carboxylic acids is 1. The van der Waals surface area contributed by atoms with Crippen molar-refractivity contribution < 1.29 is 14.7 Å². The summed E-state index contributed by atoms with van der Waals surface area (Å²) in [4.78, 5) is 37.0. The van der Waals surface area contributed by atoms with Gasteiger partial charge in [-0.1, -0.05) is 12.6 Å². The van der Waals surface area contributed by atoms with E-state index in [9.17, 15) is 14.4 Å². The first-order valence-electron chi connectivity index (χ1n) is 5.35. The second kappa shape index (κ2) is 4.77. The van der Waals surface area contributed by atoms with Gasteiger partial charge in [0.05, 0.1) is 16.6 Å². The minimum Gasteiger partial charge on any atom is -0.477 e. The van der Waals surface area contributed by atoms with Crippen LogP contribution >= 0.6 is 0 Å². The third-order valence-corrected chi connectivity index (χ3v) is 2.58. The van der Waals surface area contributed by atoms with Crippen LogP contribution in [-0.2, 0) is 4.79 Å². The molecule has 3 N–H and O–H groups in total. The number of aromatic amines is 1. The van der Waals surface area contributed by atoms with Gasteiger partial charge >= 0.3 is 5.97 Å². The van der Waals surface area contributed by atoms with Gasteiger partial charge in [0.15, 0.2) is 0 Å². The van der Waals surface area contributed by atoms with Crippen LogP contribution < -0.4 is 10.7 Å². The Balaban J connectivity index is 2.75. The van der Waals surface area contributed by atoms with Gasteiger partial charge in [-0.2, -0.15) is 0 Å². The van der Waals surface area contributed by atoms with Crippen LogP contribution in [0.4, 0.5) is 5.69 Å². The van der Waals surface area contributed by atoms with Gasteiger partial charge in [0.1, 0.15) is 5.56 Å². The predicted molar refractivity (Wildman–Crippen MR) is 70.4 cm³/mol. The summed E-state index contributed by atoms with van der Waals surface area (Å²) < 4.78 is 0. The Morgan fingerprint density at radius 2 is 2.11 bits per heavy atom. The van der Waals surface area contributed by atoms with Crippen molar-refractivity contribution in [2.45, 2.75) is 0 Å². The van der Waals surface area contributed by atoms with E-state index in [0.29, 0.717) is 5.52 Å². The normalized spacial score (nSPS) is 10.1. The molecule has 0 saturated heterocycles. The number of nitrogens with one attached hydrogen (secondary N) is 2. The minimum absolute atomic E-state index is 0.123. The van der Waals surface area contributed by atoms with Gasteiger partial charge in [0.25, 0.3) is 0 Å². The highest BCUT2D eigenvalue weighted by Gasteiger charge is 2.14. The molecule has 0 aliphatic rings. The molecule has 1 heterocycles. The average molecular weight is 258 g/mol. The van der Waals surface area contributed by atoms with Crippen molar-refractivity contribution in [2.75, 3.05) is 5.32 Å². The first-order chi connectivity index (χ1) is 9.04. The number of benzene rings is 1. The van der Waals surface area contributed by atoms with Crippen molar-refractivity contribution >= 4 is 28.5 Å². The highest BCUT2D eigenvalue weighted by atomic mass is 16.4. The van der Waals surface area contributed by atoms with Crippen molar-refractivity contribution in [3.8, 4) is 0 Å². The van der Waals surface area contributed by atoms with E-state index in [2.05, 4.69) is 16.9 Å². The molecule has 0 fully saturated rings. The Morgan fingerprint density at radius 1 is 1.37 bits per heavy atom. The van der Waals surface area contributed by atoms with Crippen LogP contribution in [0, 0.1) is 0 Å². The van der Waals surface area contributed by atoms with Crippen LogP contribution in [0.2, 0.25) is 0 Å². The summed E-state index contributed by atoms with van der Waals surface area (Å²) in [7, 11) is 0. The third kappa shape index (κ3) is 2.23. The summed E-state index contributed by atoms with van der Waals surface area (Å²) in [5.74, 6) is -1.80. The number of carboxylic acid groups (broad SMARTS) is 1. The molecular weight excluding hydrogens is 248 g/mol. The Bertz CT molecular complexity index is 746. The Kier molecular flexibility index (Phi) is 3.15. The van der Waals surface area contributed by atoms with Crippen LogP contribution in [0.5, 0.6) is 0 Å². The number of fused-ring (bicyclic) bond motifs is 1. The van der Waals surface area contributed by atoms with Crippen molar-refractivity contribution in [3.05, 3.63) is 52.8 Å². The fourth-order valence-electron chi connectivity index (χ4n) is 1.71. The standard InChI is InChI=1S/C13H10N2O4/c1-2-10(16)15-9-5-3-4-8-11(9)12(17)7(6-14-8)13(18)19/h2-6H,1H2,(H,14,17)(H,15,16)(H,18,19). The van der Waals surface area contributed by atoms with Crippen LogP contribution in [0.25, 0.3) is 10.9 Å². The second-order valence-electron chi connectivity index (χ2n) is 3.76. The van der Waals surface area contributed by atoms with Gasteiger partial charge in [0, 0.05) is 6.20 Å². The van der Waals surface area contributed by atoms with Crippen molar-refractivity contribution in [1.82, 2.24) is 4.98 Å². The van der Waals surface area contributed by atoms with Crippen LogP contribution in [0.3, 0.4) is 0 Å². The van der Waals surface area contributed by atoms with Gasteiger partial charge in [-0.15, -0.1) is 0 Å². The van der Waals surface area contributed by atoms with Gasteiger partial charge in [0.2, 0.25) is 11.3 Å². The summed E-state index contributed by atoms with van der Waals surface area (Å²) in [6.07, 6.45) is 2.19. The number of H-pyrrole nitrogens is 1. The highest BCUT2D eigenvalue weighted by molar-refractivity contribution is 6.06. The van der Waals surface area contributed by atoms with Gasteiger partial charge in [-0.05, 0) is 18.2 Å². The first kappa shape index (κ1) is 12.6. The predicted octanol–water partition coefficient (Wildman–Crippen LogP) is 1.35. The molecule has 0 radical (unpaired) electrons. The zero-order chi connectivity index (χ0) is 14.0. The molecule has 6 heteroatoms. The topological polar surface area (TPSA) is 99.3 Å². The minimum atomic E-state index is -1.33. The number of rotatable bonds is 3. The summed E-state index contributed by atoms with van der Waals surface area (Å²) in [5, 5.41) is 11.5. The lowest BCUT2D eigenvalue weighted by molar-refractivity contribution is -0.111. The first-order valence-corrected chi connectivity index (χ1v) is 5.35. The van der Waals surface area contributed by atoms with Crippen molar-refractivity contribution in [3.63, 3.8) is 0 Å². The summed E-state index contributed by atoms with van der Waals surface area (Å²) >= 11 is 0. The lowest BCUT2D eigenvalue weighted by atomic mass is 10.1. The van der Waals surface area contributed by atoms with Crippen LogP contribution in [0.1, 0.15) is 10.4 Å². The fraction of sp³-hybridized carbons (Fsp3) is 0. The number of amides is 1. The lowest BCUT2D eigenvalue weighted by Crippen LogP contribution is -2.18. The number of pyridine rings is 1. The quantitative estimate of drug-likeness (QED) is 0.723. The SMILES string of the molecule is C=CC(=O)Nc1cccc2[nH]cc(C(=O)O)c(=O)c12.